The average Bonchev–Trinajstić information content (AvgIpc) is 3.37. The monoisotopic (exact) mass is 443 g/mol. The first-order valence-electron chi connectivity index (χ1n) is 10.3. The Labute approximate surface area is 187 Å². The number of imidazole rings is 1. The first-order chi connectivity index (χ1) is 15.6. The Hall–Kier alpha value is -3.78. The van der Waals surface area contributed by atoms with Gasteiger partial charge in [0.25, 0.3) is 11.5 Å². The number of carbonyl (C=O) groups excluding carboxylic acids is 1. The highest BCUT2D eigenvalue weighted by Crippen LogP contribution is 2.26. The molecule has 3 aromatic heterocycles. The topological polar surface area (TPSA) is 92.7 Å². The Morgan fingerprint density at radius 2 is 1.91 bits per heavy atom. The number of aryl methyl sites for hydroxylation is 1. The molecule has 5 rings (SSSR count). The van der Waals surface area contributed by atoms with Crippen molar-refractivity contribution in [2.75, 3.05) is 6.54 Å². The van der Waals surface area contributed by atoms with Crippen LogP contribution in [0.4, 0.5) is 0 Å². The van der Waals surface area contributed by atoms with E-state index < -0.39 is 0 Å². The van der Waals surface area contributed by atoms with Crippen molar-refractivity contribution in [1.29, 1.82) is 0 Å². The fraction of sp³-hybridized carbons (Fsp3) is 0.167. The number of amides is 1. The maximum absolute atomic E-state index is 13.1. The summed E-state index contributed by atoms with van der Waals surface area (Å²) in [5.41, 5.74) is 3.45. The number of benzene rings is 2. The molecule has 32 heavy (non-hydrogen) atoms. The SMILES string of the molecule is Cc1c(C(=O)NCCc2nc3ccccc3[nH]2)sc2ncn(Cc3ccccc3)c(=O)c12. The lowest BCUT2D eigenvalue weighted by atomic mass is 10.2. The second-order valence-electron chi connectivity index (χ2n) is 7.61. The fourth-order valence-corrected chi connectivity index (χ4v) is 4.82. The molecule has 0 unspecified atom stereocenters. The fourth-order valence-electron chi connectivity index (χ4n) is 3.77. The van der Waals surface area contributed by atoms with E-state index in [9.17, 15) is 9.59 Å². The van der Waals surface area contributed by atoms with Crippen LogP contribution in [0.15, 0.2) is 65.7 Å². The Morgan fingerprint density at radius 3 is 2.72 bits per heavy atom. The van der Waals surface area contributed by atoms with Crippen LogP contribution in [0.1, 0.15) is 26.6 Å². The standard InChI is InChI=1S/C24H21N5O2S/c1-15-20-23(26-14-29(24(20)31)13-16-7-3-2-4-8-16)32-21(15)22(30)25-12-11-19-27-17-9-5-6-10-18(17)28-19/h2-10,14H,11-13H2,1H3,(H,25,30)(H,27,28). The van der Waals surface area contributed by atoms with Gasteiger partial charge in [-0.05, 0) is 30.2 Å². The van der Waals surface area contributed by atoms with Crippen LogP contribution in [0.2, 0.25) is 0 Å². The van der Waals surface area contributed by atoms with E-state index in [0.717, 1.165) is 22.4 Å². The summed E-state index contributed by atoms with van der Waals surface area (Å²) in [6.45, 7) is 2.69. The molecule has 0 atom stereocenters. The van der Waals surface area contributed by atoms with Crippen molar-refractivity contribution in [3.63, 3.8) is 0 Å². The number of H-pyrrole nitrogens is 1. The van der Waals surface area contributed by atoms with E-state index in [1.807, 2.05) is 61.5 Å². The van der Waals surface area contributed by atoms with Gasteiger partial charge in [0, 0.05) is 13.0 Å². The Kier molecular flexibility index (Phi) is 5.28. The van der Waals surface area contributed by atoms with Crippen LogP contribution in [0, 0.1) is 6.92 Å². The number of rotatable bonds is 6. The number of nitrogens with one attached hydrogen (secondary N) is 2. The third-order valence-corrected chi connectivity index (χ3v) is 6.60. The lowest BCUT2D eigenvalue weighted by molar-refractivity contribution is 0.0957. The van der Waals surface area contributed by atoms with E-state index in [-0.39, 0.29) is 11.5 Å². The highest BCUT2D eigenvalue weighted by atomic mass is 32.1. The first kappa shape index (κ1) is 20.1. The molecule has 0 saturated heterocycles. The van der Waals surface area contributed by atoms with E-state index >= 15 is 0 Å². The van der Waals surface area contributed by atoms with Crippen LogP contribution in [-0.2, 0) is 13.0 Å². The van der Waals surface area contributed by atoms with E-state index in [0.29, 0.717) is 40.2 Å². The Balaban J connectivity index is 1.33. The number of thiophene rings is 1. The molecular formula is C24H21N5O2S. The maximum atomic E-state index is 13.1. The summed E-state index contributed by atoms with van der Waals surface area (Å²) in [7, 11) is 0. The molecule has 1 amide bonds. The molecule has 5 aromatic rings. The molecular weight excluding hydrogens is 422 g/mol. The van der Waals surface area contributed by atoms with Gasteiger partial charge in [-0.2, -0.15) is 0 Å². The van der Waals surface area contributed by atoms with Crippen LogP contribution in [0.5, 0.6) is 0 Å². The lowest BCUT2D eigenvalue weighted by Gasteiger charge is -2.05. The molecule has 160 valence electrons. The molecule has 2 N–H and O–H groups in total. The van der Waals surface area contributed by atoms with Crippen LogP contribution >= 0.6 is 11.3 Å². The van der Waals surface area contributed by atoms with Crippen LogP contribution in [-0.4, -0.2) is 32.0 Å². The molecule has 0 aliphatic rings. The van der Waals surface area contributed by atoms with Crippen molar-refractivity contribution < 1.29 is 4.79 Å². The van der Waals surface area contributed by atoms with Crippen molar-refractivity contribution >= 4 is 38.5 Å². The summed E-state index contributed by atoms with van der Waals surface area (Å²) in [6, 6.07) is 17.6. The summed E-state index contributed by atoms with van der Waals surface area (Å²) in [6.07, 6.45) is 2.14. The highest BCUT2D eigenvalue weighted by Gasteiger charge is 2.19. The number of hydrogen-bond donors (Lipinski definition) is 2. The van der Waals surface area contributed by atoms with Gasteiger partial charge in [-0.1, -0.05) is 42.5 Å². The molecule has 0 radical (unpaired) electrons. The van der Waals surface area contributed by atoms with Gasteiger partial charge in [0.15, 0.2) is 0 Å². The highest BCUT2D eigenvalue weighted by molar-refractivity contribution is 7.20. The number of aromatic amines is 1. The lowest BCUT2D eigenvalue weighted by Crippen LogP contribution is -2.26. The average molecular weight is 444 g/mol. The summed E-state index contributed by atoms with van der Waals surface area (Å²) in [5, 5.41) is 3.45. The summed E-state index contributed by atoms with van der Waals surface area (Å²) in [5.74, 6) is 0.626. The van der Waals surface area contributed by atoms with Gasteiger partial charge in [-0.25, -0.2) is 9.97 Å². The molecule has 0 spiro atoms. The van der Waals surface area contributed by atoms with Gasteiger partial charge in [0.05, 0.1) is 34.2 Å². The first-order valence-corrected chi connectivity index (χ1v) is 11.2. The summed E-state index contributed by atoms with van der Waals surface area (Å²) in [4.78, 5) is 39.2. The number of aromatic nitrogens is 4. The van der Waals surface area contributed by atoms with Crippen LogP contribution < -0.4 is 10.9 Å². The van der Waals surface area contributed by atoms with Gasteiger partial charge in [0.1, 0.15) is 10.7 Å². The molecule has 7 nitrogen and oxygen atoms in total. The second kappa shape index (κ2) is 8.39. The number of hydrogen-bond acceptors (Lipinski definition) is 5. The van der Waals surface area contributed by atoms with Gasteiger partial charge >= 0.3 is 0 Å². The summed E-state index contributed by atoms with van der Waals surface area (Å²) >= 11 is 1.25. The summed E-state index contributed by atoms with van der Waals surface area (Å²) < 4.78 is 1.58. The van der Waals surface area contributed by atoms with E-state index in [1.165, 1.54) is 11.3 Å². The zero-order valence-corrected chi connectivity index (χ0v) is 18.3. The molecule has 0 bridgehead atoms. The molecule has 0 aliphatic carbocycles. The third kappa shape index (κ3) is 3.80. The Bertz CT molecular complexity index is 1450. The number of nitrogens with zero attached hydrogens (tertiary/aromatic N) is 3. The van der Waals surface area contributed by atoms with Crippen molar-refractivity contribution in [2.45, 2.75) is 19.9 Å². The molecule has 3 heterocycles. The largest absolute Gasteiger partial charge is 0.351 e. The van der Waals surface area contributed by atoms with Crippen molar-refractivity contribution in [1.82, 2.24) is 24.8 Å². The van der Waals surface area contributed by atoms with Crippen molar-refractivity contribution in [3.8, 4) is 0 Å². The van der Waals surface area contributed by atoms with Crippen LogP contribution in [0.25, 0.3) is 21.3 Å². The second-order valence-corrected chi connectivity index (χ2v) is 8.61. The normalized spacial score (nSPS) is 11.3. The minimum Gasteiger partial charge on any atom is -0.351 e. The zero-order chi connectivity index (χ0) is 22.1. The van der Waals surface area contributed by atoms with Gasteiger partial charge in [0.2, 0.25) is 0 Å². The maximum Gasteiger partial charge on any atom is 0.262 e. The van der Waals surface area contributed by atoms with Crippen molar-refractivity contribution in [2.24, 2.45) is 0 Å². The zero-order valence-electron chi connectivity index (χ0n) is 17.5. The minimum absolute atomic E-state index is 0.131. The third-order valence-electron chi connectivity index (χ3n) is 5.41. The molecule has 0 saturated carbocycles. The molecule has 0 aliphatic heterocycles. The van der Waals surface area contributed by atoms with Gasteiger partial charge < -0.3 is 10.3 Å². The molecule has 0 fully saturated rings. The smallest absolute Gasteiger partial charge is 0.262 e. The van der Waals surface area contributed by atoms with E-state index in [2.05, 4.69) is 20.3 Å². The predicted octanol–water partition coefficient (Wildman–Crippen LogP) is 3.66. The molecule has 8 heteroatoms. The van der Waals surface area contributed by atoms with Crippen LogP contribution in [0.3, 0.4) is 0 Å². The molecule has 2 aromatic carbocycles. The van der Waals surface area contributed by atoms with Gasteiger partial charge in [-0.3, -0.25) is 14.2 Å². The van der Waals surface area contributed by atoms with Gasteiger partial charge in [-0.15, -0.1) is 11.3 Å². The Morgan fingerprint density at radius 1 is 1.12 bits per heavy atom. The van der Waals surface area contributed by atoms with E-state index in [4.69, 9.17) is 0 Å². The predicted molar refractivity (Wildman–Crippen MR) is 126 cm³/mol. The van der Waals surface area contributed by atoms with E-state index in [1.54, 1.807) is 10.9 Å². The van der Waals surface area contributed by atoms with Crippen molar-refractivity contribution in [3.05, 3.63) is 93.1 Å². The quantitative estimate of drug-likeness (QED) is 0.419. The minimum atomic E-state index is -0.198. The number of fused-ring (bicyclic) bond motifs is 2. The number of para-hydroxylation sites is 2. The number of carbonyl (C=O) groups is 1.